The molecule has 0 aliphatic carbocycles. The molecule has 1 N–H and O–H groups in total. The van der Waals surface area contributed by atoms with E-state index in [-0.39, 0.29) is 6.04 Å². The largest absolute Gasteiger partial charge is 0.362 e. The highest BCUT2D eigenvalue weighted by atomic mass is 35.5. The van der Waals surface area contributed by atoms with E-state index in [4.69, 9.17) is 34.8 Å². The van der Waals surface area contributed by atoms with Gasteiger partial charge in [-0.15, -0.1) is 0 Å². The molecule has 5 nitrogen and oxygen atoms in total. The lowest BCUT2D eigenvalue weighted by Gasteiger charge is -2.19. The van der Waals surface area contributed by atoms with Crippen molar-refractivity contribution in [3.63, 3.8) is 0 Å². The molecule has 0 spiro atoms. The minimum absolute atomic E-state index is 0.100. The van der Waals surface area contributed by atoms with E-state index in [1.54, 1.807) is 16.6 Å². The van der Waals surface area contributed by atoms with Crippen molar-refractivity contribution < 1.29 is 0 Å². The number of hydrogen-bond donors (Lipinski definition) is 1. The number of nitrogens with one attached hydrogen (secondary N) is 1. The van der Waals surface area contributed by atoms with Gasteiger partial charge in [-0.1, -0.05) is 47.8 Å². The lowest BCUT2D eigenvalue weighted by molar-refractivity contribution is 0.833. The van der Waals surface area contributed by atoms with Gasteiger partial charge in [0.15, 0.2) is 5.82 Å². The van der Waals surface area contributed by atoms with Gasteiger partial charge in [0, 0.05) is 10.0 Å². The summed E-state index contributed by atoms with van der Waals surface area (Å²) < 4.78 is 1.59. The minimum Gasteiger partial charge on any atom is -0.362 e. The van der Waals surface area contributed by atoms with E-state index in [0.29, 0.717) is 33.1 Å². The third-order valence-electron chi connectivity index (χ3n) is 3.55. The van der Waals surface area contributed by atoms with Gasteiger partial charge < -0.3 is 5.32 Å². The molecule has 2 aromatic heterocycles. The summed E-state index contributed by atoms with van der Waals surface area (Å²) >= 11 is 18.7. The molecule has 0 unspecified atom stereocenters. The van der Waals surface area contributed by atoms with Gasteiger partial charge in [0.1, 0.15) is 11.3 Å². The Labute approximate surface area is 148 Å². The van der Waals surface area contributed by atoms with E-state index in [9.17, 15) is 0 Å². The van der Waals surface area contributed by atoms with Crippen LogP contribution in [0, 0.1) is 0 Å². The zero-order chi connectivity index (χ0) is 16.6. The Morgan fingerprint density at radius 3 is 2.74 bits per heavy atom. The van der Waals surface area contributed by atoms with Crippen LogP contribution in [-0.2, 0) is 6.42 Å². The fraction of sp³-hybridized carbons (Fsp3) is 0.267. The molecule has 0 saturated heterocycles. The Hall–Kier alpha value is -1.56. The number of rotatable bonds is 4. The predicted molar refractivity (Wildman–Crippen MR) is 93.7 cm³/mol. The van der Waals surface area contributed by atoms with Crippen molar-refractivity contribution >= 4 is 46.4 Å². The summed E-state index contributed by atoms with van der Waals surface area (Å²) in [7, 11) is 0. The number of nitrogens with zero attached hydrogens (tertiary/aromatic N) is 4. The summed E-state index contributed by atoms with van der Waals surface area (Å²) in [4.78, 5) is 8.53. The van der Waals surface area contributed by atoms with Crippen LogP contribution in [0.5, 0.6) is 0 Å². The summed E-state index contributed by atoms with van der Waals surface area (Å²) in [6.45, 7) is 3.98. The molecule has 0 bridgehead atoms. The van der Waals surface area contributed by atoms with E-state index in [2.05, 4.69) is 20.4 Å². The normalized spacial score (nSPS) is 12.6. The highest BCUT2D eigenvalue weighted by molar-refractivity contribution is 6.35. The summed E-state index contributed by atoms with van der Waals surface area (Å²) in [5.41, 5.74) is 1.68. The molecule has 8 heteroatoms. The molecule has 3 aromatic rings. The Balaban J connectivity index is 2.03. The molecule has 23 heavy (non-hydrogen) atoms. The third-order valence-corrected chi connectivity index (χ3v) is 4.51. The molecule has 1 atom stereocenters. The van der Waals surface area contributed by atoms with Crippen LogP contribution >= 0.6 is 34.8 Å². The van der Waals surface area contributed by atoms with Crippen LogP contribution in [0.1, 0.15) is 31.1 Å². The second-order valence-electron chi connectivity index (χ2n) is 5.08. The summed E-state index contributed by atoms with van der Waals surface area (Å²) in [6.07, 6.45) is 2.15. The van der Waals surface area contributed by atoms with Crippen LogP contribution in [0.3, 0.4) is 0 Å². The van der Waals surface area contributed by atoms with Crippen molar-refractivity contribution in [1.29, 1.82) is 0 Å². The highest BCUT2D eigenvalue weighted by Gasteiger charge is 2.18. The quantitative estimate of drug-likeness (QED) is 0.715. The van der Waals surface area contributed by atoms with Gasteiger partial charge in [-0.25, -0.2) is 4.98 Å². The van der Waals surface area contributed by atoms with E-state index >= 15 is 0 Å². The van der Waals surface area contributed by atoms with Crippen molar-refractivity contribution in [1.82, 2.24) is 19.6 Å². The van der Waals surface area contributed by atoms with Crippen LogP contribution < -0.4 is 5.32 Å². The Morgan fingerprint density at radius 1 is 1.26 bits per heavy atom. The summed E-state index contributed by atoms with van der Waals surface area (Å²) in [6, 6.07) is 5.30. The molecule has 0 radical (unpaired) electrons. The third kappa shape index (κ3) is 3.09. The van der Waals surface area contributed by atoms with Crippen molar-refractivity contribution in [3.8, 4) is 0 Å². The first-order chi connectivity index (χ1) is 11.0. The van der Waals surface area contributed by atoms with E-state index < -0.39 is 0 Å². The number of benzene rings is 1. The Kier molecular flexibility index (Phi) is 4.62. The summed E-state index contributed by atoms with van der Waals surface area (Å²) in [5.74, 6) is 1.15. The van der Waals surface area contributed by atoms with Crippen LogP contribution in [0.2, 0.25) is 15.1 Å². The van der Waals surface area contributed by atoms with Gasteiger partial charge in [-0.2, -0.15) is 14.6 Å². The first kappa shape index (κ1) is 16.3. The lowest BCUT2D eigenvalue weighted by atomic mass is 10.1. The second-order valence-corrected chi connectivity index (χ2v) is 6.30. The zero-order valence-electron chi connectivity index (χ0n) is 12.5. The van der Waals surface area contributed by atoms with E-state index in [1.807, 2.05) is 19.9 Å². The fourth-order valence-electron chi connectivity index (χ4n) is 2.36. The van der Waals surface area contributed by atoms with Crippen molar-refractivity contribution in [2.45, 2.75) is 26.3 Å². The summed E-state index contributed by atoms with van der Waals surface area (Å²) in [5, 5.41) is 9.25. The van der Waals surface area contributed by atoms with E-state index in [1.165, 1.54) is 6.33 Å². The van der Waals surface area contributed by atoms with Gasteiger partial charge in [0.05, 0.1) is 11.7 Å². The monoisotopic (exact) mass is 369 g/mol. The second kappa shape index (κ2) is 6.51. The van der Waals surface area contributed by atoms with Gasteiger partial charge >= 0.3 is 0 Å². The molecule has 1 aromatic carbocycles. The number of aryl methyl sites for hydroxylation is 1. The van der Waals surface area contributed by atoms with Crippen molar-refractivity contribution in [2.24, 2.45) is 0 Å². The number of hydrogen-bond acceptors (Lipinski definition) is 4. The Morgan fingerprint density at radius 2 is 2.04 bits per heavy atom. The van der Waals surface area contributed by atoms with Gasteiger partial charge in [-0.3, -0.25) is 0 Å². The maximum atomic E-state index is 6.47. The number of anilines is 1. The van der Waals surface area contributed by atoms with Gasteiger partial charge in [0.2, 0.25) is 0 Å². The molecule has 3 rings (SSSR count). The van der Waals surface area contributed by atoms with Crippen LogP contribution in [0.4, 0.5) is 5.82 Å². The highest BCUT2D eigenvalue weighted by Crippen LogP contribution is 2.32. The van der Waals surface area contributed by atoms with Crippen molar-refractivity contribution in [3.05, 3.63) is 50.9 Å². The molecular formula is C15H14Cl3N5. The molecule has 0 saturated carbocycles. The predicted octanol–water partition coefficient (Wildman–Crippen LogP) is 4.82. The number of aromatic nitrogens is 4. The molecule has 0 aliphatic heterocycles. The van der Waals surface area contributed by atoms with Gasteiger partial charge in [0.25, 0.3) is 5.78 Å². The molecule has 0 aliphatic rings. The first-order valence-electron chi connectivity index (χ1n) is 7.10. The average molecular weight is 371 g/mol. The average Bonchev–Trinajstić information content (AvgIpc) is 2.97. The van der Waals surface area contributed by atoms with Gasteiger partial charge in [-0.05, 0) is 31.0 Å². The van der Waals surface area contributed by atoms with Crippen LogP contribution in [0.15, 0.2) is 24.5 Å². The topological polar surface area (TPSA) is 55.1 Å². The molecule has 0 fully saturated rings. The minimum atomic E-state index is -0.100. The molecular weight excluding hydrogens is 357 g/mol. The maximum absolute atomic E-state index is 6.47. The maximum Gasteiger partial charge on any atom is 0.254 e. The lowest BCUT2D eigenvalue weighted by Crippen LogP contribution is -2.13. The zero-order valence-corrected chi connectivity index (χ0v) is 14.8. The Bertz CT molecular complexity index is 862. The SMILES string of the molecule is CCc1nc2ncnn2c(N[C@@H](C)c2ccc(Cl)cc2Cl)c1Cl. The van der Waals surface area contributed by atoms with E-state index in [0.717, 1.165) is 11.3 Å². The number of halogens is 3. The molecule has 120 valence electrons. The standard InChI is InChI=1S/C15H14Cl3N5/c1-3-12-13(18)14(23-15(22-12)19-7-20-23)21-8(2)10-5-4-9(16)6-11(10)17/h4-8,21H,3H2,1-2H3/t8-/m0/s1. The molecule has 2 heterocycles. The van der Waals surface area contributed by atoms with Crippen LogP contribution in [0.25, 0.3) is 5.78 Å². The first-order valence-corrected chi connectivity index (χ1v) is 8.24. The fourth-order valence-corrected chi connectivity index (χ4v) is 3.25. The number of fused-ring (bicyclic) bond motifs is 1. The smallest absolute Gasteiger partial charge is 0.254 e. The van der Waals surface area contributed by atoms with Crippen molar-refractivity contribution in [2.75, 3.05) is 5.32 Å². The molecule has 0 amide bonds. The van der Waals surface area contributed by atoms with Crippen LogP contribution in [-0.4, -0.2) is 19.6 Å².